The minimum absolute atomic E-state index is 0. The highest BCUT2D eigenvalue weighted by Crippen LogP contribution is 2.34. The van der Waals surface area contributed by atoms with Gasteiger partial charge in [0.2, 0.25) is 0 Å². The first-order chi connectivity index (χ1) is 18.7. The summed E-state index contributed by atoms with van der Waals surface area (Å²) in [4.78, 5) is 12.8. The number of nitrogens with zero attached hydrogens (tertiary/aromatic N) is 1. The number of nitrogens with one attached hydrogen (secondary N) is 1. The quantitative estimate of drug-likeness (QED) is 0.111. The molecule has 1 amide bonds. The van der Waals surface area contributed by atoms with Gasteiger partial charge in [-0.1, -0.05) is 117 Å². The number of aromatic nitrogens is 1. The largest absolute Gasteiger partial charge is 1.00 e. The predicted molar refractivity (Wildman–Crippen MR) is 164 cm³/mol. The van der Waals surface area contributed by atoms with Crippen molar-refractivity contribution in [2.24, 2.45) is 7.05 Å². The van der Waals surface area contributed by atoms with Gasteiger partial charge in [0.1, 0.15) is 12.8 Å². The van der Waals surface area contributed by atoms with E-state index in [9.17, 15) is 4.79 Å². The van der Waals surface area contributed by atoms with E-state index in [1.165, 1.54) is 89.0 Å². The Balaban J connectivity index is 0.00000800. The van der Waals surface area contributed by atoms with Crippen LogP contribution < -0.4 is 38.6 Å². The van der Waals surface area contributed by atoms with E-state index in [0.717, 1.165) is 24.3 Å². The molecule has 0 aliphatic carbocycles. The van der Waals surface area contributed by atoms with Gasteiger partial charge in [0.05, 0.1) is 12.6 Å². The minimum atomic E-state index is -0.0985. The van der Waals surface area contributed by atoms with Crippen molar-refractivity contribution < 1.29 is 38.1 Å². The van der Waals surface area contributed by atoms with Crippen molar-refractivity contribution in [2.45, 2.75) is 136 Å². The lowest BCUT2D eigenvalue weighted by molar-refractivity contribution is -0.673. The second-order valence-corrected chi connectivity index (χ2v) is 12.3. The van der Waals surface area contributed by atoms with Crippen molar-refractivity contribution in [1.29, 1.82) is 0 Å². The molecule has 1 heterocycles. The second kappa shape index (κ2) is 20.3. The molecule has 226 valence electrons. The zero-order valence-electron chi connectivity index (χ0n) is 26.4. The molecule has 2 aromatic rings. The predicted octanol–water partition coefficient (Wildman–Crippen LogP) is 6.16. The Morgan fingerprint density at radius 2 is 1.40 bits per heavy atom. The minimum Gasteiger partial charge on any atom is -1.00 e. The summed E-state index contributed by atoms with van der Waals surface area (Å²) in [6.45, 7) is 11.7. The van der Waals surface area contributed by atoms with Crippen LogP contribution in [0.15, 0.2) is 42.6 Å². The molecule has 0 saturated carbocycles. The average molecular weight is 665 g/mol. The van der Waals surface area contributed by atoms with Crippen LogP contribution in [-0.2, 0) is 12.5 Å². The van der Waals surface area contributed by atoms with Crippen molar-refractivity contribution in [1.82, 2.24) is 5.32 Å². The molecule has 1 unspecified atom stereocenters. The summed E-state index contributed by atoms with van der Waals surface area (Å²) < 4.78 is 8.13. The lowest BCUT2D eigenvalue weighted by Gasteiger charge is -2.25. The van der Waals surface area contributed by atoms with Crippen LogP contribution in [-0.4, -0.2) is 12.5 Å². The lowest BCUT2D eigenvalue weighted by Crippen LogP contribution is -3.00. The van der Waals surface area contributed by atoms with Gasteiger partial charge in [0.25, 0.3) is 5.69 Å². The fraction of sp³-hybridized carbons (Fsp3) is 0.657. The van der Waals surface area contributed by atoms with E-state index in [1.807, 2.05) is 42.9 Å². The number of benzene rings is 1. The Morgan fingerprint density at radius 3 is 1.93 bits per heavy atom. The lowest BCUT2D eigenvalue weighted by atomic mass is 9.84. The van der Waals surface area contributed by atoms with Gasteiger partial charge in [-0.25, -0.2) is 0 Å². The summed E-state index contributed by atoms with van der Waals surface area (Å²) >= 11 is 0. The summed E-state index contributed by atoms with van der Waals surface area (Å²) in [5.41, 5.74) is 2.89. The van der Waals surface area contributed by atoms with Crippen LogP contribution in [0.5, 0.6) is 5.75 Å². The standard InChI is InChI=1S/C35H56N2O2.HI/c1-7-8-9-10-11-12-13-14-15-16-17-18-19-22-27-39-33-25-24-30(28-31(33)35(3,4)5)29(2)36-34(38)32-23-20-21-26-37(32)6;/h20-21,23-26,28-29H,7-19,22,27H2,1-6H3;1H. The monoisotopic (exact) mass is 664 g/mol. The van der Waals surface area contributed by atoms with Gasteiger partial charge in [-0.15, -0.1) is 0 Å². The molecule has 0 saturated heterocycles. The third kappa shape index (κ3) is 13.8. The van der Waals surface area contributed by atoms with Crippen LogP contribution in [0.1, 0.15) is 152 Å². The highest BCUT2D eigenvalue weighted by Gasteiger charge is 2.23. The van der Waals surface area contributed by atoms with Crippen molar-refractivity contribution in [3.05, 3.63) is 59.4 Å². The van der Waals surface area contributed by atoms with Gasteiger partial charge in [0, 0.05) is 12.1 Å². The van der Waals surface area contributed by atoms with Crippen molar-refractivity contribution in [3.8, 4) is 5.75 Å². The molecule has 4 nitrogen and oxygen atoms in total. The number of aryl methyl sites for hydroxylation is 1. The van der Waals surface area contributed by atoms with Gasteiger partial charge in [-0.3, -0.25) is 4.79 Å². The van der Waals surface area contributed by atoms with Crippen molar-refractivity contribution in [2.75, 3.05) is 6.61 Å². The molecule has 0 aliphatic heterocycles. The number of ether oxygens (including phenoxy) is 1. The fourth-order valence-electron chi connectivity index (χ4n) is 5.12. The third-order valence-electron chi connectivity index (χ3n) is 7.70. The van der Waals surface area contributed by atoms with Crippen LogP contribution in [0.25, 0.3) is 0 Å². The summed E-state index contributed by atoms with van der Waals surface area (Å²) in [7, 11) is 1.89. The van der Waals surface area contributed by atoms with Crippen LogP contribution in [0.3, 0.4) is 0 Å². The van der Waals surface area contributed by atoms with Crippen LogP contribution >= 0.6 is 0 Å². The van der Waals surface area contributed by atoms with Gasteiger partial charge >= 0.3 is 5.91 Å². The highest BCUT2D eigenvalue weighted by molar-refractivity contribution is 5.91. The molecule has 0 fully saturated rings. The topological polar surface area (TPSA) is 42.2 Å². The summed E-state index contributed by atoms with van der Waals surface area (Å²) in [6, 6.07) is 11.9. The molecule has 0 bridgehead atoms. The molecule has 1 aromatic heterocycles. The van der Waals surface area contributed by atoms with E-state index in [0.29, 0.717) is 5.69 Å². The highest BCUT2D eigenvalue weighted by atomic mass is 127. The van der Waals surface area contributed by atoms with Gasteiger partial charge in [-0.2, -0.15) is 4.57 Å². The van der Waals surface area contributed by atoms with Crippen LogP contribution in [0, 0.1) is 0 Å². The number of carbonyl (C=O) groups is 1. The van der Waals surface area contributed by atoms with E-state index in [2.05, 4.69) is 51.2 Å². The number of carbonyl (C=O) groups excluding carboxylic acids is 1. The maximum Gasteiger partial charge on any atom is 0.316 e. The Hall–Kier alpha value is -1.63. The summed E-state index contributed by atoms with van der Waals surface area (Å²) in [5.74, 6) is 0.898. The molecule has 1 N–H and O–H groups in total. The SMILES string of the molecule is CCCCCCCCCCCCCCCCOc1ccc(C(C)NC(=O)c2cccc[n+]2C)cc1C(C)(C)C.[I-]. The molecule has 40 heavy (non-hydrogen) atoms. The Morgan fingerprint density at radius 1 is 0.850 bits per heavy atom. The third-order valence-corrected chi connectivity index (χ3v) is 7.70. The molecular weight excluding hydrogens is 607 g/mol. The smallest absolute Gasteiger partial charge is 0.316 e. The van der Waals surface area contributed by atoms with E-state index in [-0.39, 0.29) is 41.3 Å². The summed E-state index contributed by atoms with van der Waals surface area (Å²) in [5, 5.41) is 3.15. The number of halogens is 1. The van der Waals surface area contributed by atoms with E-state index < -0.39 is 0 Å². The van der Waals surface area contributed by atoms with E-state index in [1.54, 1.807) is 0 Å². The number of amides is 1. The summed E-state index contributed by atoms with van der Waals surface area (Å²) in [6.07, 6.45) is 21.0. The maximum absolute atomic E-state index is 12.8. The Labute approximate surface area is 263 Å². The van der Waals surface area contributed by atoms with E-state index >= 15 is 0 Å². The molecule has 5 heteroatoms. The van der Waals surface area contributed by atoms with Gasteiger partial charge < -0.3 is 34.0 Å². The normalized spacial score (nSPS) is 12.1. The number of hydrogen-bond donors (Lipinski definition) is 1. The molecule has 0 aliphatic rings. The zero-order chi connectivity index (χ0) is 28.5. The molecule has 0 spiro atoms. The van der Waals surface area contributed by atoms with Crippen LogP contribution in [0.2, 0.25) is 0 Å². The number of rotatable bonds is 19. The average Bonchev–Trinajstić information content (AvgIpc) is 2.90. The van der Waals surface area contributed by atoms with Gasteiger partial charge in [-0.05, 0) is 48.1 Å². The molecular formula is C35H57IN2O2. The van der Waals surface area contributed by atoms with Crippen molar-refractivity contribution >= 4 is 5.91 Å². The maximum atomic E-state index is 12.8. The zero-order valence-corrected chi connectivity index (χ0v) is 28.5. The second-order valence-electron chi connectivity index (χ2n) is 12.3. The van der Waals surface area contributed by atoms with Gasteiger partial charge in [0.15, 0.2) is 6.20 Å². The van der Waals surface area contributed by atoms with Crippen molar-refractivity contribution in [3.63, 3.8) is 0 Å². The number of unbranched alkanes of at least 4 members (excludes halogenated alkanes) is 13. The first kappa shape index (κ1) is 36.4. The molecule has 1 atom stereocenters. The number of pyridine rings is 1. The Bertz CT molecular complexity index is 970. The molecule has 1 aromatic carbocycles. The fourth-order valence-corrected chi connectivity index (χ4v) is 5.12. The Kier molecular flexibility index (Phi) is 18.5. The first-order valence-corrected chi connectivity index (χ1v) is 15.8. The number of hydrogen-bond acceptors (Lipinski definition) is 2. The van der Waals surface area contributed by atoms with Crippen LogP contribution in [0.4, 0.5) is 0 Å². The first-order valence-electron chi connectivity index (χ1n) is 15.8. The van der Waals surface area contributed by atoms with E-state index in [4.69, 9.17) is 4.74 Å². The molecule has 2 rings (SSSR count). The molecule has 0 radical (unpaired) electrons.